The summed E-state index contributed by atoms with van der Waals surface area (Å²) in [5.74, 6) is 0. The summed E-state index contributed by atoms with van der Waals surface area (Å²) in [5.41, 5.74) is 3.33. The van der Waals surface area contributed by atoms with Gasteiger partial charge < -0.3 is 15.7 Å². The molecule has 0 unspecified atom stereocenters. The van der Waals surface area contributed by atoms with Crippen molar-refractivity contribution >= 4 is 0 Å². The second kappa shape index (κ2) is 4.04. The molecule has 0 amide bonds. The van der Waals surface area contributed by atoms with Crippen LogP contribution in [0.15, 0.2) is 0 Å². The van der Waals surface area contributed by atoms with E-state index in [9.17, 15) is 13.2 Å². The third-order valence-electron chi connectivity index (χ3n) is 2.78. The van der Waals surface area contributed by atoms with Crippen LogP contribution in [0.2, 0.25) is 0 Å². The van der Waals surface area contributed by atoms with E-state index in [4.69, 9.17) is 10.8 Å². The molecule has 3 nitrogen and oxygen atoms in total. The molecular formula is C8H15F3N2O. The molecule has 0 spiro atoms. The second-order valence-electron chi connectivity index (χ2n) is 3.75. The van der Waals surface area contributed by atoms with E-state index in [1.807, 2.05) is 0 Å². The Morgan fingerprint density at radius 1 is 1.43 bits per heavy atom. The van der Waals surface area contributed by atoms with Crippen LogP contribution in [0, 0.1) is 5.41 Å². The van der Waals surface area contributed by atoms with E-state index < -0.39 is 18.2 Å². The van der Waals surface area contributed by atoms with Crippen LogP contribution in [-0.4, -0.2) is 49.0 Å². The first-order chi connectivity index (χ1) is 6.45. The van der Waals surface area contributed by atoms with Crippen LogP contribution < -0.4 is 5.73 Å². The van der Waals surface area contributed by atoms with Crippen molar-refractivity contribution in [1.82, 2.24) is 4.90 Å². The number of aliphatic hydroxyl groups is 1. The Balaban J connectivity index is 2.66. The molecule has 0 radical (unpaired) electrons. The minimum atomic E-state index is -4.33. The zero-order valence-electron chi connectivity index (χ0n) is 7.85. The number of likely N-dealkylation sites (tertiary alicyclic amines) is 1. The molecule has 0 saturated carbocycles. The van der Waals surface area contributed by atoms with Gasteiger partial charge in [0, 0.05) is 19.6 Å². The third kappa shape index (κ3) is 2.02. The average Bonchev–Trinajstić information content (AvgIpc) is 2.49. The number of halogens is 3. The van der Waals surface area contributed by atoms with Gasteiger partial charge in [0.1, 0.15) is 5.41 Å². The first-order valence-electron chi connectivity index (χ1n) is 4.55. The summed E-state index contributed by atoms with van der Waals surface area (Å²) in [4.78, 5) is 1.64. The number of rotatable bonds is 3. The maximum atomic E-state index is 12.6. The van der Waals surface area contributed by atoms with Crippen LogP contribution in [0.1, 0.15) is 6.42 Å². The smallest absolute Gasteiger partial charge is 0.395 e. The lowest BCUT2D eigenvalue weighted by Crippen LogP contribution is -2.44. The molecule has 1 aliphatic heterocycles. The van der Waals surface area contributed by atoms with Gasteiger partial charge in [-0.25, -0.2) is 0 Å². The molecule has 0 bridgehead atoms. The molecule has 1 heterocycles. The normalized spacial score (nSPS) is 29.8. The van der Waals surface area contributed by atoms with E-state index >= 15 is 0 Å². The monoisotopic (exact) mass is 212 g/mol. The molecule has 6 heteroatoms. The molecule has 1 saturated heterocycles. The van der Waals surface area contributed by atoms with E-state index in [0.29, 0.717) is 19.6 Å². The lowest BCUT2D eigenvalue weighted by Gasteiger charge is -2.29. The number of nitrogens with two attached hydrogens (primary N) is 1. The number of nitrogens with zero attached hydrogens (tertiary/aromatic N) is 1. The average molecular weight is 212 g/mol. The fraction of sp³-hybridized carbons (Fsp3) is 1.00. The van der Waals surface area contributed by atoms with Crippen LogP contribution in [-0.2, 0) is 0 Å². The van der Waals surface area contributed by atoms with Crippen molar-refractivity contribution in [2.24, 2.45) is 11.1 Å². The van der Waals surface area contributed by atoms with Crippen LogP contribution >= 0.6 is 0 Å². The summed E-state index contributed by atoms with van der Waals surface area (Å²) < 4.78 is 37.8. The summed E-state index contributed by atoms with van der Waals surface area (Å²) in [6, 6.07) is 0. The highest BCUT2D eigenvalue weighted by Gasteiger charge is 2.57. The lowest BCUT2D eigenvalue weighted by atomic mass is 9.87. The minimum absolute atomic E-state index is 0.0347. The van der Waals surface area contributed by atoms with Crippen LogP contribution in [0.25, 0.3) is 0 Å². The lowest BCUT2D eigenvalue weighted by molar-refractivity contribution is -0.230. The van der Waals surface area contributed by atoms with Gasteiger partial charge in [-0.1, -0.05) is 0 Å². The van der Waals surface area contributed by atoms with Crippen LogP contribution in [0.4, 0.5) is 13.2 Å². The Bertz CT molecular complexity index is 198. The van der Waals surface area contributed by atoms with Crippen molar-refractivity contribution in [3.63, 3.8) is 0 Å². The molecule has 84 valence electrons. The van der Waals surface area contributed by atoms with Crippen molar-refractivity contribution in [1.29, 1.82) is 0 Å². The molecule has 1 fully saturated rings. The first-order valence-corrected chi connectivity index (χ1v) is 4.55. The summed E-state index contributed by atoms with van der Waals surface area (Å²) >= 11 is 0. The first kappa shape index (κ1) is 11.7. The minimum Gasteiger partial charge on any atom is -0.395 e. The number of aliphatic hydroxyl groups excluding tert-OH is 1. The Kier molecular flexibility index (Phi) is 3.39. The molecule has 0 aliphatic carbocycles. The second-order valence-corrected chi connectivity index (χ2v) is 3.75. The molecule has 1 atom stereocenters. The standard InChI is InChI=1S/C8H15F3N2O/c9-8(10,11)7(6-14)1-3-13(5-7)4-2-12/h14H,1-6,12H2/t7-/m1/s1. The SMILES string of the molecule is NCCN1CC[C@@](CO)(C(F)(F)F)C1. The van der Waals surface area contributed by atoms with Crippen LogP contribution in [0.3, 0.4) is 0 Å². The van der Waals surface area contributed by atoms with Gasteiger partial charge in [-0.05, 0) is 13.0 Å². The fourth-order valence-corrected chi connectivity index (χ4v) is 1.78. The maximum absolute atomic E-state index is 12.6. The Morgan fingerprint density at radius 3 is 2.43 bits per heavy atom. The molecule has 0 aromatic heterocycles. The molecule has 1 aliphatic rings. The quantitative estimate of drug-likeness (QED) is 0.702. The zero-order valence-corrected chi connectivity index (χ0v) is 7.85. The maximum Gasteiger partial charge on any atom is 0.397 e. The highest BCUT2D eigenvalue weighted by Crippen LogP contribution is 2.44. The summed E-state index contributed by atoms with van der Waals surface area (Å²) in [7, 11) is 0. The Hall–Kier alpha value is -0.330. The van der Waals surface area contributed by atoms with Crippen molar-refractivity contribution in [3.8, 4) is 0 Å². The molecule has 14 heavy (non-hydrogen) atoms. The van der Waals surface area contributed by atoms with Gasteiger partial charge in [-0.3, -0.25) is 0 Å². The van der Waals surface area contributed by atoms with E-state index in [1.54, 1.807) is 4.90 Å². The van der Waals surface area contributed by atoms with Gasteiger partial charge in [0.2, 0.25) is 0 Å². The summed E-state index contributed by atoms with van der Waals surface area (Å²) in [5, 5.41) is 8.86. The van der Waals surface area contributed by atoms with Crippen molar-refractivity contribution in [2.75, 3.05) is 32.8 Å². The van der Waals surface area contributed by atoms with Crippen molar-refractivity contribution in [3.05, 3.63) is 0 Å². The predicted molar refractivity (Wildman–Crippen MR) is 45.7 cm³/mol. The molecule has 0 aromatic rings. The highest BCUT2D eigenvalue weighted by atomic mass is 19.4. The molecule has 1 rings (SSSR count). The van der Waals surface area contributed by atoms with E-state index in [1.165, 1.54) is 0 Å². The topological polar surface area (TPSA) is 49.5 Å². The van der Waals surface area contributed by atoms with Gasteiger partial charge in [-0.15, -0.1) is 0 Å². The van der Waals surface area contributed by atoms with E-state index in [-0.39, 0.29) is 13.0 Å². The van der Waals surface area contributed by atoms with Gasteiger partial charge in [0.25, 0.3) is 0 Å². The number of hydrogen-bond donors (Lipinski definition) is 2. The third-order valence-corrected chi connectivity index (χ3v) is 2.78. The molecule has 0 aromatic carbocycles. The van der Waals surface area contributed by atoms with Crippen LogP contribution in [0.5, 0.6) is 0 Å². The van der Waals surface area contributed by atoms with E-state index in [2.05, 4.69) is 0 Å². The van der Waals surface area contributed by atoms with Gasteiger partial charge in [0.15, 0.2) is 0 Å². The summed E-state index contributed by atoms with van der Waals surface area (Å²) in [6.45, 7) is 0.191. The Labute approximate surface area is 80.7 Å². The Morgan fingerprint density at radius 2 is 2.07 bits per heavy atom. The molecular weight excluding hydrogens is 197 g/mol. The number of hydrogen-bond acceptors (Lipinski definition) is 3. The van der Waals surface area contributed by atoms with Gasteiger partial charge >= 0.3 is 6.18 Å². The summed E-state index contributed by atoms with van der Waals surface area (Å²) in [6.07, 6.45) is -4.36. The predicted octanol–water partition coefficient (Wildman–Crippen LogP) is 0.192. The highest BCUT2D eigenvalue weighted by molar-refractivity contribution is 4.94. The number of alkyl halides is 3. The fourth-order valence-electron chi connectivity index (χ4n) is 1.78. The van der Waals surface area contributed by atoms with Gasteiger partial charge in [0.05, 0.1) is 6.61 Å². The van der Waals surface area contributed by atoms with Gasteiger partial charge in [-0.2, -0.15) is 13.2 Å². The van der Waals surface area contributed by atoms with E-state index in [0.717, 1.165) is 0 Å². The zero-order chi connectivity index (χ0) is 10.8. The van der Waals surface area contributed by atoms with Crippen molar-refractivity contribution in [2.45, 2.75) is 12.6 Å². The van der Waals surface area contributed by atoms with Crippen molar-refractivity contribution < 1.29 is 18.3 Å². The largest absolute Gasteiger partial charge is 0.397 e. The molecule has 3 N–H and O–H groups in total.